The van der Waals surface area contributed by atoms with Crippen LogP contribution in [-0.4, -0.2) is 0 Å². The molecular formula is C15H22Cl2N2. The van der Waals surface area contributed by atoms with Crippen molar-refractivity contribution in [3.8, 4) is 0 Å². The maximum Gasteiger partial charge on any atom is 0.0595 e. The molecule has 0 spiro atoms. The number of hydrogen-bond donors (Lipinski definition) is 2. The van der Waals surface area contributed by atoms with Crippen LogP contribution in [0.3, 0.4) is 0 Å². The van der Waals surface area contributed by atoms with Crippen LogP contribution in [0, 0.1) is 11.8 Å². The van der Waals surface area contributed by atoms with Crippen LogP contribution in [0.15, 0.2) is 18.2 Å². The molecule has 2 rings (SSSR count). The quantitative estimate of drug-likeness (QED) is 0.624. The molecule has 0 amide bonds. The maximum absolute atomic E-state index is 6.12. The van der Waals surface area contributed by atoms with Gasteiger partial charge in [-0.3, -0.25) is 11.3 Å². The number of nitrogens with one attached hydrogen (secondary N) is 1. The fourth-order valence-electron chi connectivity index (χ4n) is 3.35. The monoisotopic (exact) mass is 300 g/mol. The van der Waals surface area contributed by atoms with Crippen LogP contribution in [0.2, 0.25) is 10.0 Å². The summed E-state index contributed by atoms with van der Waals surface area (Å²) in [4.78, 5) is 0. The first kappa shape index (κ1) is 15.1. The van der Waals surface area contributed by atoms with E-state index in [0.29, 0.717) is 16.0 Å². The fraction of sp³-hybridized carbons (Fsp3) is 0.600. The first-order chi connectivity index (χ1) is 9.17. The largest absolute Gasteiger partial charge is 0.271 e. The van der Waals surface area contributed by atoms with Gasteiger partial charge in [0, 0.05) is 6.04 Å². The van der Waals surface area contributed by atoms with E-state index in [2.05, 4.69) is 12.3 Å². The smallest absolute Gasteiger partial charge is 0.0595 e. The molecule has 2 nitrogen and oxygen atoms in total. The molecule has 0 radical (unpaired) electrons. The van der Waals surface area contributed by atoms with Gasteiger partial charge in [0.15, 0.2) is 0 Å². The molecule has 1 aliphatic carbocycles. The van der Waals surface area contributed by atoms with Crippen LogP contribution in [0.5, 0.6) is 0 Å². The van der Waals surface area contributed by atoms with Crippen molar-refractivity contribution < 1.29 is 0 Å². The average Bonchev–Trinajstić information content (AvgIpc) is 2.44. The second-order valence-electron chi connectivity index (χ2n) is 5.43. The molecule has 19 heavy (non-hydrogen) atoms. The van der Waals surface area contributed by atoms with Gasteiger partial charge < -0.3 is 0 Å². The Morgan fingerprint density at radius 3 is 2.63 bits per heavy atom. The summed E-state index contributed by atoms with van der Waals surface area (Å²) < 4.78 is 0. The van der Waals surface area contributed by atoms with Crippen LogP contribution in [-0.2, 0) is 0 Å². The molecule has 0 aliphatic heterocycles. The summed E-state index contributed by atoms with van der Waals surface area (Å²) >= 11 is 12.1. The van der Waals surface area contributed by atoms with E-state index in [-0.39, 0.29) is 6.04 Å². The zero-order chi connectivity index (χ0) is 13.8. The van der Waals surface area contributed by atoms with Crippen molar-refractivity contribution in [1.82, 2.24) is 5.43 Å². The molecule has 3 N–H and O–H groups in total. The van der Waals surface area contributed by atoms with E-state index >= 15 is 0 Å². The molecule has 0 saturated heterocycles. The summed E-state index contributed by atoms with van der Waals surface area (Å²) in [6, 6.07) is 5.99. The standard InChI is InChI=1S/C15H22Cl2N2/c1-2-10-5-3-4-6-12(10)15(19-18)11-7-8-13(16)14(17)9-11/h7-10,12,15,19H,2-6,18H2,1H3. The predicted octanol–water partition coefficient (Wildman–Crippen LogP) is 4.71. The minimum absolute atomic E-state index is 0.167. The van der Waals surface area contributed by atoms with Crippen molar-refractivity contribution in [1.29, 1.82) is 0 Å². The highest BCUT2D eigenvalue weighted by Gasteiger charge is 2.31. The van der Waals surface area contributed by atoms with Crippen LogP contribution in [0.25, 0.3) is 0 Å². The van der Waals surface area contributed by atoms with Crippen molar-refractivity contribution >= 4 is 23.2 Å². The lowest BCUT2D eigenvalue weighted by atomic mass is 9.72. The number of benzene rings is 1. The van der Waals surface area contributed by atoms with E-state index < -0.39 is 0 Å². The number of nitrogens with two attached hydrogens (primary N) is 1. The Hall–Kier alpha value is -0.280. The van der Waals surface area contributed by atoms with Gasteiger partial charge in [-0.15, -0.1) is 0 Å². The van der Waals surface area contributed by atoms with Gasteiger partial charge in [-0.25, -0.2) is 0 Å². The molecule has 3 unspecified atom stereocenters. The third kappa shape index (κ3) is 3.43. The van der Waals surface area contributed by atoms with Crippen molar-refractivity contribution in [2.45, 2.75) is 45.1 Å². The minimum atomic E-state index is 0.167. The van der Waals surface area contributed by atoms with Crippen molar-refractivity contribution in [2.75, 3.05) is 0 Å². The Morgan fingerprint density at radius 2 is 2.00 bits per heavy atom. The van der Waals surface area contributed by atoms with E-state index in [1.54, 1.807) is 0 Å². The molecule has 0 bridgehead atoms. The van der Waals surface area contributed by atoms with Gasteiger partial charge in [-0.1, -0.05) is 61.9 Å². The molecule has 0 aromatic heterocycles. The highest BCUT2D eigenvalue weighted by molar-refractivity contribution is 6.42. The van der Waals surface area contributed by atoms with Crippen LogP contribution < -0.4 is 11.3 Å². The molecule has 1 aromatic carbocycles. The predicted molar refractivity (Wildman–Crippen MR) is 82.3 cm³/mol. The van der Waals surface area contributed by atoms with Crippen molar-refractivity contribution in [2.24, 2.45) is 17.7 Å². The molecule has 1 aromatic rings. The summed E-state index contributed by atoms with van der Waals surface area (Å²) in [5.74, 6) is 7.14. The summed E-state index contributed by atoms with van der Waals surface area (Å²) in [5, 5.41) is 1.19. The molecule has 106 valence electrons. The Labute approximate surface area is 125 Å². The van der Waals surface area contributed by atoms with Gasteiger partial charge in [0.1, 0.15) is 0 Å². The van der Waals surface area contributed by atoms with Gasteiger partial charge in [-0.05, 0) is 36.0 Å². The average molecular weight is 301 g/mol. The summed E-state index contributed by atoms with van der Waals surface area (Å²) in [6.45, 7) is 2.27. The third-order valence-electron chi connectivity index (χ3n) is 4.40. The SMILES string of the molecule is CCC1CCCCC1C(NN)c1ccc(Cl)c(Cl)c1. The molecule has 4 heteroatoms. The lowest BCUT2D eigenvalue weighted by Gasteiger charge is -2.37. The molecule has 1 saturated carbocycles. The Morgan fingerprint density at radius 1 is 1.26 bits per heavy atom. The van der Waals surface area contributed by atoms with Crippen molar-refractivity contribution in [3.05, 3.63) is 33.8 Å². The molecule has 3 atom stereocenters. The van der Waals surface area contributed by atoms with E-state index in [1.165, 1.54) is 32.1 Å². The topological polar surface area (TPSA) is 38.0 Å². The normalized spacial score (nSPS) is 25.3. The van der Waals surface area contributed by atoms with Gasteiger partial charge in [-0.2, -0.15) is 0 Å². The van der Waals surface area contributed by atoms with Crippen LogP contribution >= 0.6 is 23.2 Å². The first-order valence-corrected chi connectivity index (χ1v) is 7.84. The maximum atomic E-state index is 6.12. The van der Waals surface area contributed by atoms with Gasteiger partial charge in [0.2, 0.25) is 0 Å². The number of halogens is 2. The Kier molecular flexibility index (Phi) is 5.52. The second kappa shape index (κ2) is 6.94. The fourth-order valence-corrected chi connectivity index (χ4v) is 3.66. The van der Waals surface area contributed by atoms with E-state index in [0.717, 1.165) is 11.5 Å². The molecule has 0 heterocycles. The third-order valence-corrected chi connectivity index (χ3v) is 5.14. The molecular weight excluding hydrogens is 279 g/mol. The number of hydrogen-bond acceptors (Lipinski definition) is 2. The van der Waals surface area contributed by atoms with E-state index in [9.17, 15) is 0 Å². The summed E-state index contributed by atoms with van der Waals surface area (Å²) in [5.41, 5.74) is 4.14. The number of rotatable bonds is 4. The van der Waals surface area contributed by atoms with Gasteiger partial charge in [0.25, 0.3) is 0 Å². The highest BCUT2D eigenvalue weighted by atomic mass is 35.5. The Balaban J connectivity index is 2.24. The lowest BCUT2D eigenvalue weighted by Crippen LogP contribution is -2.38. The summed E-state index contributed by atoms with van der Waals surface area (Å²) in [7, 11) is 0. The second-order valence-corrected chi connectivity index (χ2v) is 6.25. The van der Waals surface area contributed by atoms with Crippen LogP contribution in [0.1, 0.15) is 50.6 Å². The van der Waals surface area contributed by atoms with E-state index in [4.69, 9.17) is 29.0 Å². The molecule has 1 fully saturated rings. The highest BCUT2D eigenvalue weighted by Crippen LogP contribution is 2.40. The minimum Gasteiger partial charge on any atom is -0.271 e. The van der Waals surface area contributed by atoms with Crippen molar-refractivity contribution in [3.63, 3.8) is 0 Å². The first-order valence-electron chi connectivity index (χ1n) is 7.08. The van der Waals surface area contributed by atoms with Gasteiger partial charge in [0.05, 0.1) is 10.0 Å². The lowest BCUT2D eigenvalue weighted by molar-refractivity contribution is 0.176. The Bertz CT molecular complexity index is 423. The van der Waals surface area contributed by atoms with Crippen LogP contribution in [0.4, 0.5) is 0 Å². The van der Waals surface area contributed by atoms with Gasteiger partial charge >= 0.3 is 0 Å². The summed E-state index contributed by atoms with van der Waals surface area (Å²) in [6.07, 6.45) is 6.38. The zero-order valence-electron chi connectivity index (χ0n) is 11.3. The molecule has 1 aliphatic rings. The zero-order valence-corrected chi connectivity index (χ0v) is 12.8. The number of hydrazine groups is 1. The van der Waals surface area contributed by atoms with E-state index in [1.807, 2.05) is 18.2 Å².